The maximum atomic E-state index is 5.76. The third-order valence-corrected chi connectivity index (χ3v) is 4.70. The first-order valence-electron chi connectivity index (χ1n) is 7.05. The van der Waals surface area contributed by atoms with Crippen molar-refractivity contribution in [3.05, 3.63) is 16.1 Å². The number of unbranched alkanes of at least 4 members (excludes halogenated alkanes) is 1. The highest BCUT2D eigenvalue weighted by atomic mass is 35.5. The van der Waals surface area contributed by atoms with Gasteiger partial charge in [-0.1, -0.05) is 0 Å². The molecule has 0 radical (unpaired) electrons. The van der Waals surface area contributed by atoms with Gasteiger partial charge in [0.15, 0.2) is 0 Å². The number of thiazole rings is 1. The Morgan fingerprint density at radius 1 is 1.42 bits per heavy atom. The third-order valence-electron chi connectivity index (χ3n) is 3.47. The van der Waals surface area contributed by atoms with Crippen LogP contribution < -0.4 is 0 Å². The van der Waals surface area contributed by atoms with Crippen molar-refractivity contribution in [2.45, 2.75) is 44.0 Å². The fourth-order valence-corrected chi connectivity index (χ4v) is 3.31. The van der Waals surface area contributed by atoms with Crippen molar-refractivity contribution in [1.29, 1.82) is 0 Å². The molecule has 0 aromatic carbocycles. The summed E-state index contributed by atoms with van der Waals surface area (Å²) in [5.74, 6) is 0.531. The molecule has 19 heavy (non-hydrogen) atoms. The van der Waals surface area contributed by atoms with Gasteiger partial charge < -0.3 is 4.74 Å². The lowest BCUT2D eigenvalue weighted by Crippen LogP contribution is -2.30. The molecular weight excluding hydrogens is 280 g/mol. The summed E-state index contributed by atoms with van der Waals surface area (Å²) < 4.78 is 5.18. The van der Waals surface area contributed by atoms with E-state index in [-0.39, 0.29) is 0 Å². The Kier molecular flexibility index (Phi) is 6.57. The van der Waals surface area contributed by atoms with E-state index in [1.807, 2.05) is 0 Å². The second kappa shape index (κ2) is 8.20. The van der Waals surface area contributed by atoms with Gasteiger partial charge in [0.05, 0.1) is 23.2 Å². The van der Waals surface area contributed by atoms with Crippen LogP contribution in [-0.4, -0.2) is 42.7 Å². The topological polar surface area (TPSA) is 25.4 Å². The summed E-state index contributed by atoms with van der Waals surface area (Å²) in [6.45, 7) is 3.12. The van der Waals surface area contributed by atoms with Gasteiger partial charge in [-0.15, -0.1) is 22.9 Å². The first-order valence-corrected chi connectivity index (χ1v) is 8.47. The minimum atomic E-state index is 0.531. The van der Waals surface area contributed by atoms with Gasteiger partial charge in [-0.25, -0.2) is 4.98 Å². The van der Waals surface area contributed by atoms with Crippen LogP contribution in [0.1, 0.15) is 36.4 Å². The van der Waals surface area contributed by atoms with Crippen LogP contribution in [0.25, 0.3) is 0 Å². The van der Waals surface area contributed by atoms with E-state index in [2.05, 4.69) is 15.3 Å². The number of hydrogen-bond acceptors (Lipinski definition) is 4. The predicted molar refractivity (Wildman–Crippen MR) is 81.1 cm³/mol. The smallest absolute Gasteiger partial charge is 0.0928 e. The summed E-state index contributed by atoms with van der Waals surface area (Å²) in [6.07, 6.45) is 6.29. The second-order valence-electron chi connectivity index (χ2n) is 5.08. The molecule has 0 unspecified atom stereocenters. The lowest BCUT2D eigenvalue weighted by molar-refractivity contribution is 0.142. The van der Waals surface area contributed by atoms with Crippen LogP contribution in [0.3, 0.4) is 0 Å². The van der Waals surface area contributed by atoms with E-state index in [0.717, 1.165) is 31.3 Å². The van der Waals surface area contributed by atoms with Crippen LogP contribution in [0.5, 0.6) is 0 Å². The molecule has 0 bridgehead atoms. The maximum Gasteiger partial charge on any atom is 0.0928 e. The number of nitrogens with zero attached hydrogens (tertiary/aromatic N) is 2. The monoisotopic (exact) mass is 302 g/mol. The van der Waals surface area contributed by atoms with Crippen molar-refractivity contribution in [3.63, 3.8) is 0 Å². The van der Waals surface area contributed by atoms with Crippen LogP contribution in [-0.2, 0) is 17.0 Å². The molecule has 2 rings (SSSR count). The molecule has 1 aromatic rings. The van der Waals surface area contributed by atoms with Crippen LogP contribution in [0.2, 0.25) is 0 Å². The molecule has 0 spiro atoms. The molecule has 1 fully saturated rings. The van der Waals surface area contributed by atoms with E-state index < -0.39 is 0 Å². The van der Waals surface area contributed by atoms with E-state index in [0.29, 0.717) is 5.88 Å². The Morgan fingerprint density at radius 2 is 2.26 bits per heavy atom. The number of ether oxygens (including phenoxy) is 1. The zero-order valence-electron chi connectivity index (χ0n) is 11.6. The van der Waals surface area contributed by atoms with Crippen LogP contribution >= 0.6 is 22.9 Å². The highest BCUT2D eigenvalue weighted by Crippen LogP contribution is 2.26. The molecule has 1 aliphatic carbocycles. The number of aromatic nitrogens is 1. The Labute approximate surface area is 124 Å². The standard InChI is InChI=1S/C14H23ClN2OS/c1-18-9-8-17(13-5-6-13)7-3-2-4-14-16-12(10-15)11-19-14/h11,13H,2-10H2,1H3. The fourth-order valence-electron chi connectivity index (χ4n) is 2.24. The Hall–Kier alpha value is -0.160. The van der Waals surface area contributed by atoms with E-state index in [1.54, 1.807) is 18.4 Å². The zero-order chi connectivity index (χ0) is 13.5. The second-order valence-corrected chi connectivity index (χ2v) is 6.29. The van der Waals surface area contributed by atoms with E-state index >= 15 is 0 Å². The van der Waals surface area contributed by atoms with Gasteiger partial charge in [0.2, 0.25) is 0 Å². The van der Waals surface area contributed by atoms with Crippen molar-refractivity contribution in [2.75, 3.05) is 26.8 Å². The van der Waals surface area contributed by atoms with Crippen LogP contribution in [0.4, 0.5) is 0 Å². The average molecular weight is 303 g/mol. The molecule has 1 aromatic heterocycles. The normalized spacial score (nSPS) is 15.3. The number of alkyl halides is 1. The number of aryl methyl sites for hydroxylation is 1. The summed E-state index contributed by atoms with van der Waals surface area (Å²) in [7, 11) is 1.78. The molecule has 0 N–H and O–H groups in total. The molecule has 0 aliphatic heterocycles. The Bertz CT molecular complexity index is 368. The number of hydrogen-bond donors (Lipinski definition) is 0. The summed E-state index contributed by atoms with van der Waals surface area (Å²) >= 11 is 7.50. The van der Waals surface area contributed by atoms with Gasteiger partial charge in [0, 0.05) is 25.1 Å². The molecule has 0 saturated heterocycles. The fraction of sp³-hybridized carbons (Fsp3) is 0.786. The van der Waals surface area contributed by atoms with E-state index in [4.69, 9.17) is 16.3 Å². The molecule has 3 nitrogen and oxygen atoms in total. The molecule has 1 aliphatic rings. The number of halogens is 1. The third kappa shape index (κ3) is 5.38. The molecule has 108 valence electrons. The highest BCUT2D eigenvalue weighted by Gasteiger charge is 2.27. The minimum absolute atomic E-state index is 0.531. The molecule has 0 amide bonds. The molecule has 1 heterocycles. The van der Waals surface area contributed by atoms with Gasteiger partial charge in [-0.2, -0.15) is 0 Å². The van der Waals surface area contributed by atoms with Crippen molar-refractivity contribution in [3.8, 4) is 0 Å². The Balaban J connectivity index is 1.61. The van der Waals surface area contributed by atoms with Crippen molar-refractivity contribution >= 4 is 22.9 Å². The zero-order valence-corrected chi connectivity index (χ0v) is 13.2. The first kappa shape index (κ1) is 15.2. The molecule has 5 heteroatoms. The van der Waals surface area contributed by atoms with Crippen molar-refractivity contribution < 1.29 is 4.74 Å². The van der Waals surface area contributed by atoms with Gasteiger partial charge in [0.1, 0.15) is 0 Å². The molecule has 0 atom stereocenters. The molecular formula is C14H23ClN2OS. The van der Waals surface area contributed by atoms with E-state index in [9.17, 15) is 0 Å². The summed E-state index contributed by atoms with van der Waals surface area (Å²) in [5.41, 5.74) is 1.02. The average Bonchev–Trinajstić information content (AvgIpc) is 3.17. The lowest BCUT2D eigenvalue weighted by Gasteiger charge is -2.21. The van der Waals surface area contributed by atoms with E-state index in [1.165, 1.54) is 37.2 Å². The van der Waals surface area contributed by atoms with Gasteiger partial charge in [-0.3, -0.25) is 4.90 Å². The SMILES string of the molecule is COCCN(CCCCc1nc(CCl)cs1)C1CC1. The van der Waals surface area contributed by atoms with Crippen LogP contribution in [0, 0.1) is 0 Å². The number of methoxy groups -OCH3 is 1. The van der Waals surface area contributed by atoms with Gasteiger partial charge >= 0.3 is 0 Å². The highest BCUT2D eigenvalue weighted by molar-refractivity contribution is 7.09. The number of rotatable bonds is 10. The summed E-state index contributed by atoms with van der Waals surface area (Å²) in [5, 5.41) is 3.29. The molecule has 1 saturated carbocycles. The van der Waals surface area contributed by atoms with Crippen molar-refractivity contribution in [1.82, 2.24) is 9.88 Å². The largest absolute Gasteiger partial charge is 0.383 e. The van der Waals surface area contributed by atoms with Crippen molar-refractivity contribution in [2.24, 2.45) is 0 Å². The predicted octanol–water partition coefficient (Wildman–Crippen LogP) is 3.32. The van der Waals surface area contributed by atoms with Gasteiger partial charge in [-0.05, 0) is 38.6 Å². The Morgan fingerprint density at radius 3 is 2.89 bits per heavy atom. The van der Waals surface area contributed by atoms with Gasteiger partial charge in [0.25, 0.3) is 0 Å². The minimum Gasteiger partial charge on any atom is -0.383 e. The van der Waals surface area contributed by atoms with Crippen LogP contribution in [0.15, 0.2) is 5.38 Å². The lowest BCUT2D eigenvalue weighted by atomic mass is 10.2. The maximum absolute atomic E-state index is 5.76. The quantitative estimate of drug-likeness (QED) is 0.490. The summed E-state index contributed by atoms with van der Waals surface area (Å²) in [6, 6.07) is 0.831. The first-order chi connectivity index (χ1) is 9.33. The summed E-state index contributed by atoms with van der Waals surface area (Å²) in [4.78, 5) is 7.07.